The van der Waals surface area contributed by atoms with E-state index in [1.165, 1.54) is 4.90 Å². The third-order valence-corrected chi connectivity index (χ3v) is 2.70. The Morgan fingerprint density at radius 2 is 1.60 bits per heavy atom. The van der Waals surface area contributed by atoms with E-state index in [0.717, 1.165) is 5.75 Å². The average Bonchev–Trinajstić information content (AvgIpc) is 2.34. The van der Waals surface area contributed by atoms with Crippen LogP contribution in [-0.4, -0.2) is 26.3 Å². The Bertz CT molecular complexity index is 222. The van der Waals surface area contributed by atoms with Crippen LogP contribution in [0.4, 0.5) is 0 Å². The molecule has 1 aromatic rings. The summed E-state index contributed by atoms with van der Waals surface area (Å²) < 4.78 is 10.2. The van der Waals surface area contributed by atoms with Crippen molar-refractivity contribution in [2.24, 2.45) is 0 Å². The van der Waals surface area contributed by atoms with Crippen molar-refractivity contribution in [3.8, 4) is 0 Å². The Morgan fingerprint density at radius 3 is 2.07 bits per heavy atom. The minimum atomic E-state index is -0.120. The first-order chi connectivity index (χ1) is 7.36. The van der Waals surface area contributed by atoms with Crippen LogP contribution >= 0.6 is 11.8 Å². The van der Waals surface area contributed by atoms with E-state index in [1.807, 2.05) is 32.0 Å². The van der Waals surface area contributed by atoms with Crippen molar-refractivity contribution >= 4 is 11.8 Å². The van der Waals surface area contributed by atoms with E-state index in [4.69, 9.17) is 9.47 Å². The molecule has 1 rings (SSSR count). The van der Waals surface area contributed by atoms with Gasteiger partial charge >= 0.3 is 0 Å². The van der Waals surface area contributed by atoms with Crippen molar-refractivity contribution in [1.82, 2.24) is 0 Å². The average molecular weight is 228 g/mol. The molecule has 0 heterocycles. The maximum absolute atomic E-state index is 5.08. The second kappa shape index (κ2) is 10.0. The number of hydrogen-bond donors (Lipinski definition) is 0. The molecule has 0 aromatic heterocycles. The SMILES string of the molecule is CC.COC(CSc1ccccc1)OC. The molecule has 0 unspecified atom stereocenters. The van der Waals surface area contributed by atoms with Gasteiger partial charge in [0.1, 0.15) is 0 Å². The maximum atomic E-state index is 5.08. The van der Waals surface area contributed by atoms with E-state index >= 15 is 0 Å². The van der Waals surface area contributed by atoms with Gasteiger partial charge < -0.3 is 9.47 Å². The summed E-state index contributed by atoms with van der Waals surface area (Å²) in [6, 6.07) is 10.2. The zero-order valence-electron chi connectivity index (χ0n) is 9.90. The minimum Gasteiger partial charge on any atom is -0.355 e. The molecule has 2 nitrogen and oxygen atoms in total. The fraction of sp³-hybridized carbons (Fsp3) is 0.500. The number of hydrogen-bond acceptors (Lipinski definition) is 3. The van der Waals surface area contributed by atoms with Crippen LogP contribution in [0.1, 0.15) is 13.8 Å². The Hall–Kier alpha value is -0.510. The van der Waals surface area contributed by atoms with Gasteiger partial charge in [-0.2, -0.15) is 0 Å². The van der Waals surface area contributed by atoms with Gasteiger partial charge in [0.15, 0.2) is 6.29 Å². The van der Waals surface area contributed by atoms with Crippen LogP contribution in [0.2, 0.25) is 0 Å². The molecule has 0 radical (unpaired) electrons. The molecule has 0 N–H and O–H groups in total. The van der Waals surface area contributed by atoms with E-state index in [-0.39, 0.29) is 6.29 Å². The largest absolute Gasteiger partial charge is 0.355 e. The molecule has 0 saturated carbocycles. The first-order valence-corrected chi connectivity index (χ1v) is 6.09. The van der Waals surface area contributed by atoms with Crippen LogP contribution in [0.15, 0.2) is 35.2 Å². The Kier molecular flexibility index (Phi) is 9.68. The summed E-state index contributed by atoms with van der Waals surface area (Å²) in [5, 5.41) is 0. The molecule has 0 fully saturated rings. The number of ether oxygens (including phenoxy) is 2. The van der Waals surface area contributed by atoms with Gasteiger partial charge in [-0.05, 0) is 12.1 Å². The summed E-state index contributed by atoms with van der Waals surface area (Å²) in [7, 11) is 3.30. The maximum Gasteiger partial charge on any atom is 0.166 e. The second-order valence-electron chi connectivity index (χ2n) is 2.53. The molecule has 0 saturated heterocycles. The summed E-state index contributed by atoms with van der Waals surface area (Å²) in [5.74, 6) is 0.816. The monoisotopic (exact) mass is 228 g/mol. The highest BCUT2D eigenvalue weighted by molar-refractivity contribution is 7.99. The third-order valence-electron chi connectivity index (χ3n) is 1.66. The third kappa shape index (κ3) is 6.55. The van der Waals surface area contributed by atoms with Crippen molar-refractivity contribution in [3.63, 3.8) is 0 Å². The lowest BCUT2D eigenvalue weighted by atomic mass is 10.4. The van der Waals surface area contributed by atoms with Gasteiger partial charge in [0, 0.05) is 24.9 Å². The number of benzene rings is 1. The predicted molar refractivity (Wildman–Crippen MR) is 66.3 cm³/mol. The predicted octanol–water partition coefficient (Wildman–Crippen LogP) is 3.42. The zero-order valence-corrected chi connectivity index (χ0v) is 10.7. The van der Waals surface area contributed by atoms with Crippen molar-refractivity contribution in [3.05, 3.63) is 30.3 Å². The quantitative estimate of drug-likeness (QED) is 0.568. The Morgan fingerprint density at radius 1 is 1.07 bits per heavy atom. The number of rotatable bonds is 5. The van der Waals surface area contributed by atoms with Crippen molar-refractivity contribution < 1.29 is 9.47 Å². The molecule has 15 heavy (non-hydrogen) atoms. The van der Waals surface area contributed by atoms with E-state index in [1.54, 1.807) is 26.0 Å². The van der Waals surface area contributed by atoms with Gasteiger partial charge in [0.2, 0.25) is 0 Å². The second-order valence-corrected chi connectivity index (χ2v) is 3.62. The summed E-state index contributed by atoms with van der Waals surface area (Å²) in [5.41, 5.74) is 0. The normalized spacial score (nSPS) is 9.67. The lowest BCUT2D eigenvalue weighted by molar-refractivity contribution is -0.0842. The molecule has 0 aliphatic carbocycles. The van der Waals surface area contributed by atoms with Crippen LogP contribution in [0.25, 0.3) is 0 Å². The molecular formula is C12H20O2S. The number of thioether (sulfide) groups is 1. The molecular weight excluding hydrogens is 208 g/mol. The highest BCUT2D eigenvalue weighted by Crippen LogP contribution is 2.18. The Labute approximate surface area is 97.0 Å². The van der Waals surface area contributed by atoms with Gasteiger partial charge in [0.05, 0.1) is 0 Å². The van der Waals surface area contributed by atoms with Gasteiger partial charge in [-0.1, -0.05) is 32.0 Å². The highest BCUT2D eigenvalue weighted by Gasteiger charge is 2.04. The molecule has 0 aliphatic heterocycles. The van der Waals surface area contributed by atoms with Crippen LogP contribution < -0.4 is 0 Å². The van der Waals surface area contributed by atoms with Gasteiger partial charge in [-0.3, -0.25) is 0 Å². The van der Waals surface area contributed by atoms with Crippen LogP contribution in [0, 0.1) is 0 Å². The summed E-state index contributed by atoms with van der Waals surface area (Å²) in [4.78, 5) is 1.24. The van der Waals surface area contributed by atoms with Crippen molar-refractivity contribution in [1.29, 1.82) is 0 Å². The molecule has 86 valence electrons. The summed E-state index contributed by atoms with van der Waals surface area (Å²) in [6.07, 6.45) is -0.120. The fourth-order valence-corrected chi connectivity index (χ4v) is 1.86. The van der Waals surface area contributed by atoms with E-state index < -0.39 is 0 Å². The molecule has 0 amide bonds. The first kappa shape index (κ1) is 14.5. The first-order valence-electron chi connectivity index (χ1n) is 5.10. The molecule has 0 bridgehead atoms. The molecule has 0 atom stereocenters. The van der Waals surface area contributed by atoms with Gasteiger partial charge in [-0.15, -0.1) is 11.8 Å². The topological polar surface area (TPSA) is 18.5 Å². The van der Waals surface area contributed by atoms with Crippen LogP contribution in [0.5, 0.6) is 0 Å². The lowest BCUT2D eigenvalue weighted by Crippen LogP contribution is -2.15. The fourth-order valence-electron chi connectivity index (χ4n) is 0.913. The minimum absolute atomic E-state index is 0.120. The Balaban J connectivity index is 0.000000921. The van der Waals surface area contributed by atoms with Crippen LogP contribution in [-0.2, 0) is 9.47 Å². The highest BCUT2D eigenvalue weighted by atomic mass is 32.2. The molecule has 0 aliphatic rings. The van der Waals surface area contributed by atoms with Crippen LogP contribution in [0.3, 0.4) is 0 Å². The van der Waals surface area contributed by atoms with E-state index in [0.29, 0.717) is 0 Å². The molecule has 0 spiro atoms. The van der Waals surface area contributed by atoms with Gasteiger partial charge in [0.25, 0.3) is 0 Å². The molecule has 1 aromatic carbocycles. The summed E-state index contributed by atoms with van der Waals surface area (Å²) >= 11 is 1.73. The summed E-state index contributed by atoms with van der Waals surface area (Å²) in [6.45, 7) is 4.00. The standard InChI is InChI=1S/C10H14O2S.C2H6/c1-11-10(12-2)8-13-9-6-4-3-5-7-9;1-2/h3-7,10H,8H2,1-2H3;1-2H3. The van der Waals surface area contributed by atoms with Gasteiger partial charge in [-0.25, -0.2) is 0 Å². The smallest absolute Gasteiger partial charge is 0.166 e. The van der Waals surface area contributed by atoms with E-state index in [9.17, 15) is 0 Å². The zero-order chi connectivity index (χ0) is 11.5. The van der Waals surface area contributed by atoms with Crippen molar-refractivity contribution in [2.75, 3.05) is 20.0 Å². The number of methoxy groups -OCH3 is 2. The lowest BCUT2D eigenvalue weighted by Gasteiger charge is -2.12. The molecule has 3 heteroatoms. The van der Waals surface area contributed by atoms with Crippen molar-refractivity contribution in [2.45, 2.75) is 25.0 Å². The van der Waals surface area contributed by atoms with E-state index in [2.05, 4.69) is 12.1 Å².